The van der Waals surface area contributed by atoms with Gasteiger partial charge in [-0.3, -0.25) is 9.59 Å². The number of carboxylic acid groups (broad SMARTS) is 1. The number of hydrogen-bond donors (Lipinski definition) is 1. The topological polar surface area (TPSA) is 99.1 Å². The Kier molecular flexibility index (Phi) is 22.1. The molecule has 40 heavy (non-hydrogen) atoms. The van der Waals surface area contributed by atoms with Crippen molar-refractivity contribution in [1.82, 2.24) is 0 Å². The first kappa shape index (κ1) is 37.0. The number of nitrogens with zero attached hydrogens (tertiary/aromatic N) is 1. The van der Waals surface area contributed by atoms with Crippen LogP contribution in [0.1, 0.15) is 71.6 Å². The van der Waals surface area contributed by atoms with E-state index in [4.69, 9.17) is 14.2 Å². The first-order valence-corrected chi connectivity index (χ1v) is 14.3. The van der Waals surface area contributed by atoms with Crippen LogP contribution in [0.4, 0.5) is 0 Å². The Hall–Kier alpha value is -2.97. The third kappa shape index (κ3) is 23.0. The highest BCUT2D eigenvalue weighted by atomic mass is 16.6. The van der Waals surface area contributed by atoms with Gasteiger partial charge in [-0.05, 0) is 44.9 Å². The lowest BCUT2D eigenvalue weighted by atomic mass is 10.1. The maximum atomic E-state index is 12.3. The number of carbonyl (C=O) groups is 3. The van der Waals surface area contributed by atoms with Crippen molar-refractivity contribution in [3.05, 3.63) is 60.8 Å². The molecule has 0 aliphatic rings. The minimum absolute atomic E-state index is 0.0251. The van der Waals surface area contributed by atoms with Gasteiger partial charge in [-0.2, -0.15) is 0 Å². The highest BCUT2D eigenvalue weighted by molar-refractivity contribution is 5.72. The summed E-state index contributed by atoms with van der Waals surface area (Å²) in [6, 6.07) is -0.620. The molecule has 0 saturated carbocycles. The van der Waals surface area contributed by atoms with Crippen LogP contribution in [-0.4, -0.2) is 80.6 Å². The number of hydrogen-bond acceptors (Lipinski definition) is 6. The number of rotatable bonds is 23. The van der Waals surface area contributed by atoms with E-state index in [0.29, 0.717) is 12.8 Å². The van der Waals surface area contributed by atoms with E-state index in [-0.39, 0.29) is 36.7 Å². The van der Waals surface area contributed by atoms with Gasteiger partial charge in [0.1, 0.15) is 6.61 Å². The van der Waals surface area contributed by atoms with Gasteiger partial charge < -0.3 is 23.8 Å². The number of aliphatic carboxylic acids is 1. The smallest absolute Gasteiger partial charge is 0.362 e. The normalized spacial score (nSPS) is 14.1. The zero-order chi connectivity index (χ0) is 30.1. The molecular weight excluding hydrogens is 510 g/mol. The number of carbonyl (C=O) groups excluding carboxylic acids is 2. The fourth-order valence-electron chi connectivity index (χ4n) is 3.56. The molecule has 0 amide bonds. The number of allylic oxidation sites excluding steroid dienone is 10. The highest BCUT2D eigenvalue weighted by Gasteiger charge is 2.31. The summed E-state index contributed by atoms with van der Waals surface area (Å²) in [5.41, 5.74) is 0. The molecule has 0 aromatic rings. The Morgan fingerprint density at radius 1 is 0.800 bits per heavy atom. The van der Waals surface area contributed by atoms with Crippen LogP contribution in [0, 0.1) is 0 Å². The van der Waals surface area contributed by atoms with Gasteiger partial charge in [-0.25, -0.2) is 4.79 Å². The second-order valence-electron chi connectivity index (χ2n) is 10.3. The molecule has 8 nitrogen and oxygen atoms in total. The summed E-state index contributed by atoms with van der Waals surface area (Å²) < 4.78 is 16.3. The Bertz CT molecular complexity index is 850. The van der Waals surface area contributed by atoms with Crippen molar-refractivity contribution in [3.8, 4) is 0 Å². The van der Waals surface area contributed by atoms with Crippen molar-refractivity contribution >= 4 is 17.9 Å². The van der Waals surface area contributed by atoms with Gasteiger partial charge in [0.2, 0.25) is 0 Å². The van der Waals surface area contributed by atoms with E-state index in [1.54, 1.807) is 0 Å². The van der Waals surface area contributed by atoms with Crippen LogP contribution in [-0.2, 0) is 28.6 Å². The summed E-state index contributed by atoms with van der Waals surface area (Å²) in [6.07, 6.45) is 27.5. The Balaban J connectivity index is 4.20. The molecule has 0 heterocycles. The zero-order valence-electron chi connectivity index (χ0n) is 25.3. The fourth-order valence-corrected chi connectivity index (χ4v) is 3.56. The van der Waals surface area contributed by atoms with Gasteiger partial charge in [0.25, 0.3) is 0 Å². The van der Waals surface area contributed by atoms with E-state index in [9.17, 15) is 19.5 Å². The van der Waals surface area contributed by atoms with E-state index >= 15 is 0 Å². The van der Waals surface area contributed by atoms with Crippen LogP contribution in [0.25, 0.3) is 0 Å². The van der Waals surface area contributed by atoms with Crippen LogP contribution < -0.4 is 0 Å². The molecule has 0 aromatic carbocycles. The number of unbranched alkanes of at least 4 members (excludes halogenated alkanes) is 1. The van der Waals surface area contributed by atoms with Crippen LogP contribution in [0.3, 0.4) is 0 Å². The van der Waals surface area contributed by atoms with E-state index in [1.807, 2.05) is 21.1 Å². The third-order valence-corrected chi connectivity index (χ3v) is 5.74. The summed E-state index contributed by atoms with van der Waals surface area (Å²) in [4.78, 5) is 34.9. The molecule has 0 aliphatic heterocycles. The molecule has 226 valence electrons. The fraction of sp³-hybridized carbons (Fsp3) is 0.594. The number of esters is 2. The Morgan fingerprint density at radius 2 is 1.32 bits per heavy atom. The van der Waals surface area contributed by atoms with Crippen molar-refractivity contribution < 1.29 is 38.2 Å². The number of ether oxygens (including phenoxy) is 3. The molecule has 0 radical (unpaired) electrons. The quantitative estimate of drug-likeness (QED) is 0.0711. The van der Waals surface area contributed by atoms with Crippen molar-refractivity contribution in [2.24, 2.45) is 0 Å². The van der Waals surface area contributed by atoms with E-state index in [1.165, 1.54) is 6.92 Å². The molecule has 0 bridgehead atoms. The average molecular weight is 563 g/mol. The molecule has 0 aromatic heterocycles. The third-order valence-electron chi connectivity index (χ3n) is 5.74. The molecule has 0 saturated heterocycles. The van der Waals surface area contributed by atoms with Crippen molar-refractivity contribution in [2.45, 2.75) is 83.8 Å². The lowest BCUT2D eigenvalue weighted by Gasteiger charge is -2.31. The van der Waals surface area contributed by atoms with E-state index in [0.717, 1.165) is 38.5 Å². The maximum absolute atomic E-state index is 12.3. The summed E-state index contributed by atoms with van der Waals surface area (Å²) in [5, 5.41) is 9.41. The van der Waals surface area contributed by atoms with Gasteiger partial charge in [-0.15, -0.1) is 0 Å². The Labute approximate surface area is 241 Å². The molecule has 2 atom stereocenters. The molecule has 0 aliphatic carbocycles. The van der Waals surface area contributed by atoms with E-state index < -0.39 is 24.1 Å². The second kappa shape index (κ2) is 23.9. The number of quaternary nitrogens is 1. The molecule has 8 heteroatoms. The standard InChI is InChI=1S/C32H51NO7/c1-6-7-8-9-10-11-12-13-14-15-16-17-18-19-20-21-22-23-31(35)40-29(27-39-28(2)34)26-38-25-24-30(32(36)37)33(3,4)5/h7-8,10-11,13-14,16-17,19-20,29-30H,6,9,12,15,18,21-27H2,1-5H3/p+1/b8-7-,11-10-,14-13-,17-16-,20-19-. The van der Waals surface area contributed by atoms with E-state index in [2.05, 4.69) is 67.7 Å². The molecule has 2 unspecified atom stereocenters. The number of carboxylic acids is 1. The Morgan fingerprint density at radius 3 is 1.80 bits per heavy atom. The van der Waals surface area contributed by atoms with Crippen molar-refractivity contribution in [1.29, 1.82) is 0 Å². The van der Waals surface area contributed by atoms with Gasteiger partial charge in [0.05, 0.1) is 34.4 Å². The van der Waals surface area contributed by atoms with Gasteiger partial charge in [-0.1, -0.05) is 67.7 Å². The van der Waals surface area contributed by atoms with Crippen LogP contribution in [0.15, 0.2) is 60.8 Å². The monoisotopic (exact) mass is 562 g/mol. The van der Waals surface area contributed by atoms with Crippen LogP contribution >= 0.6 is 0 Å². The molecule has 1 N–H and O–H groups in total. The molecule has 0 rings (SSSR count). The lowest BCUT2D eigenvalue weighted by Crippen LogP contribution is -2.50. The minimum atomic E-state index is -0.897. The van der Waals surface area contributed by atoms with Crippen LogP contribution in [0.5, 0.6) is 0 Å². The molecular formula is C32H52NO7+. The largest absolute Gasteiger partial charge is 0.477 e. The van der Waals surface area contributed by atoms with Crippen molar-refractivity contribution in [2.75, 3.05) is 41.0 Å². The first-order chi connectivity index (χ1) is 19.1. The second-order valence-corrected chi connectivity index (χ2v) is 10.3. The molecule has 0 fully saturated rings. The van der Waals surface area contributed by atoms with Crippen molar-refractivity contribution in [3.63, 3.8) is 0 Å². The SMILES string of the molecule is CC/C=C\C/C=C\C/C=C\C/C=C\C/C=C\CCCC(=O)OC(COCCC(C(=O)O)[N+](C)(C)C)COC(C)=O. The summed E-state index contributed by atoms with van der Waals surface area (Å²) in [6.45, 7) is 3.52. The molecule has 0 spiro atoms. The minimum Gasteiger partial charge on any atom is -0.477 e. The van der Waals surface area contributed by atoms with Gasteiger partial charge in [0.15, 0.2) is 12.1 Å². The summed E-state index contributed by atoms with van der Waals surface area (Å²) in [7, 11) is 5.43. The predicted molar refractivity (Wildman–Crippen MR) is 160 cm³/mol. The van der Waals surface area contributed by atoms with Gasteiger partial charge >= 0.3 is 17.9 Å². The average Bonchev–Trinajstić information content (AvgIpc) is 2.87. The summed E-state index contributed by atoms with van der Waals surface area (Å²) >= 11 is 0. The first-order valence-electron chi connectivity index (χ1n) is 14.3. The maximum Gasteiger partial charge on any atom is 0.362 e. The van der Waals surface area contributed by atoms with Crippen LogP contribution in [0.2, 0.25) is 0 Å². The lowest BCUT2D eigenvalue weighted by molar-refractivity contribution is -0.887. The summed E-state index contributed by atoms with van der Waals surface area (Å²) in [5.74, 6) is -1.76. The number of likely N-dealkylation sites (N-methyl/N-ethyl adjacent to an activating group) is 1. The highest BCUT2D eigenvalue weighted by Crippen LogP contribution is 2.09. The predicted octanol–water partition coefficient (Wildman–Crippen LogP) is 5.95. The van der Waals surface area contributed by atoms with Gasteiger partial charge in [0, 0.05) is 19.8 Å². The zero-order valence-corrected chi connectivity index (χ0v) is 25.3.